The van der Waals surface area contributed by atoms with Gasteiger partial charge in [-0.1, -0.05) is 53.5 Å². The monoisotopic (exact) mass is 358 g/mol. The first-order valence-electron chi connectivity index (χ1n) is 7.09. The third-order valence-electron chi connectivity index (χ3n) is 3.48. The van der Waals surface area contributed by atoms with E-state index in [9.17, 15) is 9.59 Å². The third-order valence-corrected chi connectivity index (χ3v) is 4.22. The van der Waals surface area contributed by atoms with Crippen molar-refractivity contribution < 1.29 is 9.59 Å². The fraction of sp³-hybridized carbons (Fsp3) is 0. The van der Waals surface area contributed by atoms with Crippen molar-refractivity contribution in [3.05, 3.63) is 81.8 Å². The molecule has 2 amide bonds. The maximum Gasteiger partial charge on any atom is 0.269 e. The summed E-state index contributed by atoms with van der Waals surface area (Å²) in [4.78, 5) is 24.2. The van der Waals surface area contributed by atoms with Crippen molar-refractivity contribution in [2.45, 2.75) is 0 Å². The lowest BCUT2D eigenvalue weighted by atomic mass is 10.1. The van der Waals surface area contributed by atoms with Crippen molar-refractivity contribution >= 4 is 45.8 Å². The van der Waals surface area contributed by atoms with E-state index >= 15 is 0 Å². The molecule has 0 saturated heterocycles. The lowest BCUT2D eigenvalue weighted by Gasteiger charge is -2.08. The second-order valence-electron chi connectivity index (χ2n) is 5.10. The van der Waals surface area contributed by atoms with Gasteiger partial charge in [0.2, 0.25) is 0 Å². The summed E-state index contributed by atoms with van der Waals surface area (Å²) in [5.41, 5.74) is 5.48. The number of hydrogen-bond donors (Lipinski definition) is 2. The molecule has 2 N–H and O–H groups in total. The number of fused-ring (bicyclic) bond motifs is 1. The van der Waals surface area contributed by atoms with Crippen molar-refractivity contribution in [1.29, 1.82) is 0 Å². The van der Waals surface area contributed by atoms with Crippen molar-refractivity contribution in [3.8, 4) is 0 Å². The zero-order valence-corrected chi connectivity index (χ0v) is 13.9. The highest BCUT2D eigenvalue weighted by molar-refractivity contribution is 6.42. The Morgan fingerprint density at radius 2 is 1.25 bits per heavy atom. The normalized spacial score (nSPS) is 10.4. The van der Waals surface area contributed by atoms with Crippen LogP contribution in [0.1, 0.15) is 20.7 Å². The highest BCUT2D eigenvalue weighted by atomic mass is 35.5. The minimum Gasteiger partial charge on any atom is -0.267 e. The summed E-state index contributed by atoms with van der Waals surface area (Å²) in [6.07, 6.45) is 0. The van der Waals surface area contributed by atoms with Crippen LogP contribution in [0.15, 0.2) is 60.7 Å². The second-order valence-corrected chi connectivity index (χ2v) is 5.91. The Balaban J connectivity index is 1.69. The highest BCUT2D eigenvalue weighted by Gasteiger charge is 2.11. The van der Waals surface area contributed by atoms with Gasteiger partial charge in [0.15, 0.2) is 0 Å². The lowest BCUT2D eigenvalue weighted by molar-refractivity contribution is 0.0847. The zero-order chi connectivity index (χ0) is 17.1. The van der Waals surface area contributed by atoms with Crippen LogP contribution in [0.4, 0.5) is 0 Å². The average Bonchev–Trinajstić information content (AvgIpc) is 2.61. The van der Waals surface area contributed by atoms with Crippen LogP contribution in [-0.4, -0.2) is 11.8 Å². The van der Waals surface area contributed by atoms with E-state index < -0.39 is 11.8 Å². The van der Waals surface area contributed by atoms with Crippen LogP contribution in [0, 0.1) is 0 Å². The number of carbonyl (C=O) groups excluding carboxylic acids is 2. The summed E-state index contributed by atoms with van der Waals surface area (Å²) in [7, 11) is 0. The fourth-order valence-electron chi connectivity index (χ4n) is 2.23. The van der Waals surface area contributed by atoms with Gasteiger partial charge in [-0.15, -0.1) is 0 Å². The molecule has 0 atom stereocenters. The maximum atomic E-state index is 12.2. The van der Waals surface area contributed by atoms with E-state index in [0.717, 1.165) is 10.8 Å². The van der Waals surface area contributed by atoms with Gasteiger partial charge in [0.05, 0.1) is 10.0 Å². The van der Waals surface area contributed by atoms with Gasteiger partial charge in [0.1, 0.15) is 0 Å². The van der Waals surface area contributed by atoms with E-state index in [1.165, 1.54) is 18.2 Å². The van der Waals surface area contributed by atoms with Gasteiger partial charge in [-0.05, 0) is 41.1 Å². The molecular formula is C18H12Cl2N2O2. The third kappa shape index (κ3) is 3.50. The van der Waals surface area contributed by atoms with Gasteiger partial charge in [0, 0.05) is 11.1 Å². The Morgan fingerprint density at radius 3 is 1.92 bits per heavy atom. The molecule has 0 saturated carbocycles. The predicted octanol–water partition coefficient (Wildman–Crippen LogP) is 4.22. The smallest absolute Gasteiger partial charge is 0.267 e. The van der Waals surface area contributed by atoms with Crippen molar-refractivity contribution in [2.24, 2.45) is 0 Å². The molecule has 0 heterocycles. The number of hydrogen-bond acceptors (Lipinski definition) is 2. The Morgan fingerprint density at radius 1 is 0.667 bits per heavy atom. The SMILES string of the molecule is O=C(NNC(=O)c1ccc2ccccc2c1)c1ccc(Cl)c(Cl)c1. The molecule has 0 aromatic heterocycles. The van der Waals surface area contributed by atoms with Crippen LogP contribution in [0.3, 0.4) is 0 Å². The largest absolute Gasteiger partial charge is 0.269 e. The fourth-order valence-corrected chi connectivity index (χ4v) is 2.52. The average molecular weight is 359 g/mol. The molecule has 3 rings (SSSR count). The molecule has 0 aliphatic carbocycles. The van der Waals surface area contributed by atoms with E-state index in [1.807, 2.05) is 30.3 Å². The van der Waals surface area contributed by atoms with Gasteiger partial charge in [-0.2, -0.15) is 0 Å². The molecule has 0 fully saturated rings. The molecule has 3 aromatic carbocycles. The maximum absolute atomic E-state index is 12.2. The number of nitrogens with one attached hydrogen (secondary N) is 2. The minimum atomic E-state index is -0.484. The molecule has 0 aliphatic rings. The first-order valence-corrected chi connectivity index (χ1v) is 7.85. The molecule has 3 aromatic rings. The molecule has 4 nitrogen and oxygen atoms in total. The Kier molecular flexibility index (Phi) is 4.69. The Bertz CT molecular complexity index is 941. The molecule has 24 heavy (non-hydrogen) atoms. The van der Waals surface area contributed by atoms with E-state index in [4.69, 9.17) is 23.2 Å². The first-order chi connectivity index (χ1) is 11.5. The van der Waals surface area contributed by atoms with Gasteiger partial charge in [-0.25, -0.2) is 0 Å². The van der Waals surface area contributed by atoms with Crippen LogP contribution in [-0.2, 0) is 0 Å². The van der Waals surface area contributed by atoms with Crippen LogP contribution in [0.5, 0.6) is 0 Å². The first kappa shape index (κ1) is 16.3. The van der Waals surface area contributed by atoms with Gasteiger partial charge >= 0.3 is 0 Å². The summed E-state index contributed by atoms with van der Waals surface area (Å²) in [5, 5.41) is 2.61. The van der Waals surface area contributed by atoms with Crippen molar-refractivity contribution in [2.75, 3.05) is 0 Å². The molecule has 6 heteroatoms. The summed E-state index contributed by atoms with van der Waals surface area (Å²) in [5.74, 6) is -0.892. The van der Waals surface area contributed by atoms with E-state index in [2.05, 4.69) is 10.9 Å². The zero-order valence-electron chi connectivity index (χ0n) is 12.3. The minimum absolute atomic E-state index is 0.269. The molecule has 0 radical (unpaired) electrons. The molecular weight excluding hydrogens is 347 g/mol. The quantitative estimate of drug-likeness (QED) is 0.673. The van der Waals surface area contributed by atoms with Crippen LogP contribution in [0.2, 0.25) is 10.0 Å². The summed E-state index contributed by atoms with van der Waals surface area (Å²) in [6, 6.07) is 17.5. The molecule has 0 bridgehead atoms. The van der Waals surface area contributed by atoms with Crippen molar-refractivity contribution in [3.63, 3.8) is 0 Å². The summed E-state index contributed by atoms with van der Waals surface area (Å²) in [6.45, 7) is 0. The number of rotatable bonds is 2. The summed E-state index contributed by atoms with van der Waals surface area (Å²) < 4.78 is 0. The number of hydrazine groups is 1. The van der Waals surface area contributed by atoms with Crippen LogP contribution in [0.25, 0.3) is 10.8 Å². The number of halogens is 2. The van der Waals surface area contributed by atoms with Crippen LogP contribution >= 0.6 is 23.2 Å². The number of carbonyl (C=O) groups is 2. The van der Waals surface area contributed by atoms with E-state index in [-0.39, 0.29) is 5.02 Å². The molecule has 0 spiro atoms. The Hall–Kier alpha value is -2.56. The highest BCUT2D eigenvalue weighted by Crippen LogP contribution is 2.22. The topological polar surface area (TPSA) is 58.2 Å². The lowest BCUT2D eigenvalue weighted by Crippen LogP contribution is -2.41. The molecule has 0 aliphatic heterocycles. The second kappa shape index (κ2) is 6.91. The van der Waals surface area contributed by atoms with E-state index in [0.29, 0.717) is 16.1 Å². The Labute approximate surface area is 148 Å². The molecule has 0 unspecified atom stereocenters. The van der Waals surface area contributed by atoms with Gasteiger partial charge < -0.3 is 0 Å². The van der Waals surface area contributed by atoms with E-state index in [1.54, 1.807) is 12.1 Å². The molecule has 120 valence electrons. The van der Waals surface area contributed by atoms with Crippen LogP contribution < -0.4 is 10.9 Å². The predicted molar refractivity (Wildman–Crippen MR) is 95.3 cm³/mol. The number of benzene rings is 3. The number of amides is 2. The van der Waals surface area contributed by atoms with Gasteiger partial charge in [0.25, 0.3) is 11.8 Å². The van der Waals surface area contributed by atoms with Gasteiger partial charge in [-0.3, -0.25) is 20.4 Å². The summed E-state index contributed by atoms with van der Waals surface area (Å²) >= 11 is 11.7. The standard InChI is InChI=1S/C18H12Cl2N2O2/c19-15-8-7-14(10-16(15)20)18(24)22-21-17(23)13-6-5-11-3-1-2-4-12(11)9-13/h1-10H,(H,21,23)(H,22,24). The van der Waals surface area contributed by atoms with Crippen molar-refractivity contribution in [1.82, 2.24) is 10.9 Å².